The third-order valence-corrected chi connectivity index (χ3v) is 5.22. The highest BCUT2D eigenvalue weighted by molar-refractivity contribution is 9.10. The molecule has 2 aromatic rings. The van der Waals surface area contributed by atoms with E-state index in [1.165, 1.54) is 0 Å². The van der Waals surface area contributed by atoms with Crippen molar-refractivity contribution in [2.45, 2.75) is 25.3 Å². The van der Waals surface area contributed by atoms with E-state index in [1.807, 2.05) is 0 Å². The molecule has 0 aliphatic rings. The standard InChI is InChI=1S/C12H11BrF2N2O3S/c1-6-9(7(2)20-17-6)5-16-21(18,19)12-10(13)3-8(14)4-11(12)15/h3-4,16H,5H2,1-2H3. The van der Waals surface area contributed by atoms with Gasteiger partial charge in [0, 0.05) is 22.6 Å². The van der Waals surface area contributed by atoms with E-state index in [2.05, 4.69) is 25.8 Å². The maximum absolute atomic E-state index is 13.7. The Labute approximate surface area is 128 Å². The van der Waals surface area contributed by atoms with E-state index in [1.54, 1.807) is 13.8 Å². The van der Waals surface area contributed by atoms with Crippen LogP contribution in [0.2, 0.25) is 0 Å². The molecule has 21 heavy (non-hydrogen) atoms. The van der Waals surface area contributed by atoms with Crippen molar-refractivity contribution in [2.75, 3.05) is 0 Å². The summed E-state index contributed by atoms with van der Waals surface area (Å²) >= 11 is 2.85. The molecule has 0 fully saturated rings. The normalized spacial score (nSPS) is 11.9. The summed E-state index contributed by atoms with van der Waals surface area (Å²) < 4.78 is 58.0. The topological polar surface area (TPSA) is 72.2 Å². The number of aromatic nitrogens is 1. The van der Waals surface area contributed by atoms with Crippen molar-refractivity contribution in [1.29, 1.82) is 0 Å². The predicted octanol–water partition coefficient (Wildman–Crippen LogP) is 2.81. The second-order valence-electron chi connectivity index (χ2n) is 4.33. The predicted molar refractivity (Wildman–Crippen MR) is 74.1 cm³/mol. The van der Waals surface area contributed by atoms with E-state index in [4.69, 9.17) is 4.52 Å². The Morgan fingerprint density at radius 3 is 2.52 bits per heavy atom. The van der Waals surface area contributed by atoms with Crippen molar-refractivity contribution in [3.05, 3.63) is 45.3 Å². The fourth-order valence-corrected chi connectivity index (χ4v) is 3.94. The van der Waals surface area contributed by atoms with Gasteiger partial charge in [-0.05, 0) is 35.8 Å². The lowest BCUT2D eigenvalue weighted by Crippen LogP contribution is -2.25. The van der Waals surface area contributed by atoms with Gasteiger partial charge in [-0.15, -0.1) is 0 Å². The molecule has 5 nitrogen and oxygen atoms in total. The van der Waals surface area contributed by atoms with Gasteiger partial charge < -0.3 is 4.52 Å². The zero-order chi connectivity index (χ0) is 15.8. The molecule has 1 aromatic carbocycles. The molecular weight excluding hydrogens is 370 g/mol. The molecule has 2 rings (SSSR count). The summed E-state index contributed by atoms with van der Waals surface area (Å²) in [5.41, 5.74) is 1.10. The smallest absolute Gasteiger partial charge is 0.244 e. The molecule has 0 spiro atoms. The Morgan fingerprint density at radius 1 is 1.33 bits per heavy atom. The largest absolute Gasteiger partial charge is 0.361 e. The number of nitrogens with one attached hydrogen (secondary N) is 1. The van der Waals surface area contributed by atoms with Gasteiger partial charge >= 0.3 is 0 Å². The van der Waals surface area contributed by atoms with Crippen LogP contribution >= 0.6 is 15.9 Å². The molecule has 0 amide bonds. The fraction of sp³-hybridized carbons (Fsp3) is 0.250. The van der Waals surface area contributed by atoms with Crippen LogP contribution in [-0.4, -0.2) is 13.6 Å². The summed E-state index contributed by atoms with van der Waals surface area (Å²) in [5, 5.41) is 3.69. The van der Waals surface area contributed by atoms with E-state index in [-0.39, 0.29) is 11.0 Å². The fourth-order valence-electron chi connectivity index (χ4n) is 1.78. The molecule has 1 aromatic heterocycles. The molecular formula is C12H11BrF2N2O3S. The Kier molecular flexibility index (Phi) is 4.45. The first-order valence-corrected chi connectivity index (χ1v) is 8.06. The third kappa shape index (κ3) is 3.30. The van der Waals surface area contributed by atoms with Gasteiger partial charge in [0.15, 0.2) is 0 Å². The molecule has 114 valence electrons. The number of halogens is 3. The number of hydrogen-bond acceptors (Lipinski definition) is 4. The first-order valence-electron chi connectivity index (χ1n) is 5.78. The first kappa shape index (κ1) is 16.1. The molecule has 1 N–H and O–H groups in total. The van der Waals surface area contributed by atoms with Crippen LogP contribution in [0.5, 0.6) is 0 Å². The molecule has 0 aliphatic heterocycles. The van der Waals surface area contributed by atoms with Crippen LogP contribution in [0.15, 0.2) is 26.0 Å². The minimum absolute atomic E-state index is 0.104. The summed E-state index contributed by atoms with van der Waals surface area (Å²) in [4.78, 5) is -0.643. The van der Waals surface area contributed by atoms with Gasteiger partial charge in [-0.2, -0.15) is 0 Å². The zero-order valence-corrected chi connectivity index (χ0v) is 13.5. The molecule has 0 saturated carbocycles. The van der Waals surface area contributed by atoms with Gasteiger partial charge in [-0.25, -0.2) is 21.9 Å². The molecule has 9 heteroatoms. The van der Waals surface area contributed by atoms with Crippen molar-refractivity contribution in [1.82, 2.24) is 9.88 Å². The van der Waals surface area contributed by atoms with Gasteiger partial charge in [0.25, 0.3) is 0 Å². The molecule has 0 atom stereocenters. The Balaban J connectivity index is 2.32. The van der Waals surface area contributed by atoms with E-state index < -0.39 is 26.6 Å². The van der Waals surface area contributed by atoms with Crippen molar-refractivity contribution >= 4 is 26.0 Å². The average molecular weight is 381 g/mol. The van der Waals surface area contributed by atoms with E-state index in [0.717, 1.165) is 6.07 Å². The SMILES string of the molecule is Cc1noc(C)c1CNS(=O)(=O)c1c(F)cc(F)cc1Br. The number of nitrogens with zero attached hydrogens (tertiary/aromatic N) is 1. The lowest BCUT2D eigenvalue weighted by atomic mass is 10.2. The third-order valence-electron chi connectivity index (χ3n) is 2.85. The summed E-state index contributed by atoms with van der Waals surface area (Å²) in [7, 11) is -4.16. The summed E-state index contributed by atoms with van der Waals surface area (Å²) in [6.45, 7) is 3.19. The van der Waals surface area contributed by atoms with Gasteiger partial charge in [0.2, 0.25) is 10.0 Å². The molecule has 0 saturated heterocycles. The van der Waals surface area contributed by atoms with Crippen LogP contribution in [0.25, 0.3) is 0 Å². The Hall–Kier alpha value is -1.32. The van der Waals surface area contributed by atoms with E-state index in [0.29, 0.717) is 23.1 Å². The first-order chi connectivity index (χ1) is 9.72. The van der Waals surface area contributed by atoms with Crippen LogP contribution in [0, 0.1) is 25.5 Å². The van der Waals surface area contributed by atoms with Crippen LogP contribution in [-0.2, 0) is 16.6 Å². The van der Waals surface area contributed by atoms with Gasteiger partial charge in [0.05, 0.1) is 5.69 Å². The number of aryl methyl sites for hydroxylation is 2. The minimum Gasteiger partial charge on any atom is -0.361 e. The second kappa shape index (κ2) is 5.82. The lowest BCUT2D eigenvalue weighted by molar-refractivity contribution is 0.392. The lowest BCUT2D eigenvalue weighted by Gasteiger charge is -2.09. The number of benzene rings is 1. The molecule has 0 unspecified atom stereocenters. The monoisotopic (exact) mass is 380 g/mol. The van der Waals surface area contributed by atoms with Crippen LogP contribution in [0.4, 0.5) is 8.78 Å². The van der Waals surface area contributed by atoms with Crippen LogP contribution < -0.4 is 4.72 Å². The maximum atomic E-state index is 13.7. The number of sulfonamides is 1. The molecule has 0 radical (unpaired) electrons. The molecule has 0 bridgehead atoms. The number of hydrogen-bond donors (Lipinski definition) is 1. The van der Waals surface area contributed by atoms with Crippen molar-refractivity contribution in [2.24, 2.45) is 0 Å². The second-order valence-corrected chi connectivity index (χ2v) is 6.88. The van der Waals surface area contributed by atoms with Crippen LogP contribution in [0.3, 0.4) is 0 Å². The highest BCUT2D eigenvalue weighted by Crippen LogP contribution is 2.26. The van der Waals surface area contributed by atoms with Crippen LogP contribution in [0.1, 0.15) is 17.0 Å². The average Bonchev–Trinajstić information content (AvgIpc) is 2.65. The number of rotatable bonds is 4. The van der Waals surface area contributed by atoms with Gasteiger partial charge in [-0.3, -0.25) is 0 Å². The van der Waals surface area contributed by atoms with Crippen molar-refractivity contribution in [3.8, 4) is 0 Å². The van der Waals surface area contributed by atoms with E-state index in [9.17, 15) is 17.2 Å². The zero-order valence-electron chi connectivity index (χ0n) is 11.1. The van der Waals surface area contributed by atoms with Gasteiger partial charge in [0.1, 0.15) is 22.3 Å². The Bertz CT molecular complexity index is 747. The van der Waals surface area contributed by atoms with Gasteiger partial charge in [-0.1, -0.05) is 5.16 Å². The highest BCUT2D eigenvalue weighted by atomic mass is 79.9. The summed E-state index contributed by atoms with van der Waals surface area (Å²) in [6, 6.07) is 1.39. The van der Waals surface area contributed by atoms with E-state index >= 15 is 0 Å². The highest BCUT2D eigenvalue weighted by Gasteiger charge is 2.24. The molecule has 0 aliphatic carbocycles. The molecule has 1 heterocycles. The minimum atomic E-state index is -4.16. The summed E-state index contributed by atoms with van der Waals surface area (Å²) in [5.74, 6) is -1.58. The summed E-state index contributed by atoms with van der Waals surface area (Å²) in [6.07, 6.45) is 0. The maximum Gasteiger partial charge on any atom is 0.244 e. The van der Waals surface area contributed by atoms with Crippen molar-refractivity contribution < 1.29 is 21.7 Å². The Morgan fingerprint density at radius 2 is 2.00 bits per heavy atom. The van der Waals surface area contributed by atoms with Crippen molar-refractivity contribution in [3.63, 3.8) is 0 Å². The quantitative estimate of drug-likeness (QED) is 0.884.